The maximum absolute atomic E-state index is 12.0. The van der Waals surface area contributed by atoms with Crippen LogP contribution in [0.5, 0.6) is 0 Å². The summed E-state index contributed by atoms with van der Waals surface area (Å²) in [7, 11) is 0. The third-order valence-corrected chi connectivity index (χ3v) is 2.99. The van der Waals surface area contributed by atoms with Crippen LogP contribution in [-0.2, 0) is 0 Å². The minimum Gasteiger partial charge on any atom is -0.350 e. The van der Waals surface area contributed by atoms with Gasteiger partial charge in [-0.15, -0.1) is 12.4 Å². The van der Waals surface area contributed by atoms with Gasteiger partial charge in [-0.05, 0) is 18.5 Å². The summed E-state index contributed by atoms with van der Waals surface area (Å²) in [6, 6.07) is 4.22. The largest absolute Gasteiger partial charge is 0.350 e. The molecule has 0 aliphatic rings. The molecule has 0 spiro atoms. The van der Waals surface area contributed by atoms with Gasteiger partial charge in [0.05, 0.1) is 10.4 Å². The maximum atomic E-state index is 12.0. The number of aromatic amines is 1. The van der Waals surface area contributed by atoms with Gasteiger partial charge >= 0.3 is 0 Å². The minimum absolute atomic E-state index is 0. The molecular formula is C12H16ClN5O3. The van der Waals surface area contributed by atoms with Crippen LogP contribution in [-0.4, -0.2) is 34.1 Å². The fourth-order valence-electron chi connectivity index (χ4n) is 1.72. The lowest BCUT2D eigenvalue weighted by Gasteiger charge is -2.08. The van der Waals surface area contributed by atoms with E-state index in [9.17, 15) is 14.9 Å². The number of aromatic nitrogens is 2. The van der Waals surface area contributed by atoms with E-state index in [4.69, 9.17) is 5.73 Å². The third kappa shape index (κ3) is 3.67. The van der Waals surface area contributed by atoms with Gasteiger partial charge in [-0.25, -0.2) is 0 Å². The molecule has 9 heteroatoms. The Bertz CT molecular complexity index is 657. The van der Waals surface area contributed by atoms with E-state index >= 15 is 0 Å². The Morgan fingerprint density at radius 1 is 1.57 bits per heavy atom. The van der Waals surface area contributed by atoms with Crippen LogP contribution in [0.3, 0.4) is 0 Å². The van der Waals surface area contributed by atoms with E-state index in [1.807, 2.05) is 6.92 Å². The molecule has 0 radical (unpaired) electrons. The van der Waals surface area contributed by atoms with E-state index in [0.717, 1.165) is 0 Å². The first-order valence-electron chi connectivity index (χ1n) is 6.13. The van der Waals surface area contributed by atoms with Crippen LogP contribution in [0.15, 0.2) is 18.2 Å². The standard InChI is InChI=1S/C12H15N5O3.ClH/c1-7(5-13)6-14-12(18)11-9-4-8(17(19)20)2-3-10(9)15-16-11;/h2-4,7H,5-6,13H2,1H3,(H,14,18)(H,15,16);1H. The Morgan fingerprint density at radius 3 is 2.90 bits per heavy atom. The molecule has 1 heterocycles. The number of nitrogens with two attached hydrogens (primary N) is 1. The Hall–Kier alpha value is -2.19. The maximum Gasteiger partial charge on any atom is 0.272 e. The Balaban J connectivity index is 0.00000220. The summed E-state index contributed by atoms with van der Waals surface area (Å²) < 4.78 is 0. The highest BCUT2D eigenvalue weighted by Gasteiger charge is 2.17. The fourth-order valence-corrected chi connectivity index (χ4v) is 1.72. The summed E-state index contributed by atoms with van der Waals surface area (Å²) >= 11 is 0. The average molecular weight is 314 g/mol. The van der Waals surface area contributed by atoms with Crippen molar-refractivity contribution in [2.45, 2.75) is 6.92 Å². The van der Waals surface area contributed by atoms with Crippen molar-refractivity contribution >= 4 is 34.9 Å². The molecule has 0 fully saturated rings. The first-order valence-corrected chi connectivity index (χ1v) is 6.13. The lowest BCUT2D eigenvalue weighted by atomic mass is 10.1. The van der Waals surface area contributed by atoms with Crippen molar-refractivity contribution in [1.82, 2.24) is 15.5 Å². The van der Waals surface area contributed by atoms with Gasteiger partial charge in [0.15, 0.2) is 5.69 Å². The molecule has 0 saturated heterocycles. The zero-order valence-corrected chi connectivity index (χ0v) is 12.1. The second-order valence-electron chi connectivity index (χ2n) is 4.61. The summed E-state index contributed by atoms with van der Waals surface area (Å²) in [5.74, 6) is -0.226. The Labute approximate surface area is 126 Å². The first kappa shape index (κ1) is 16.9. The number of nitro groups is 1. The van der Waals surface area contributed by atoms with Crippen LogP contribution in [0.2, 0.25) is 0 Å². The smallest absolute Gasteiger partial charge is 0.272 e. The van der Waals surface area contributed by atoms with Gasteiger partial charge in [0.25, 0.3) is 11.6 Å². The molecular weight excluding hydrogens is 298 g/mol. The van der Waals surface area contributed by atoms with Gasteiger partial charge in [-0.3, -0.25) is 20.0 Å². The van der Waals surface area contributed by atoms with Crippen molar-refractivity contribution in [2.24, 2.45) is 11.7 Å². The number of rotatable bonds is 5. The molecule has 1 amide bonds. The average Bonchev–Trinajstić information content (AvgIpc) is 2.87. The van der Waals surface area contributed by atoms with E-state index in [1.165, 1.54) is 18.2 Å². The number of amides is 1. The van der Waals surface area contributed by atoms with Gasteiger partial charge in [0, 0.05) is 24.1 Å². The number of nitro benzene ring substituents is 1. The van der Waals surface area contributed by atoms with Crippen molar-refractivity contribution in [3.8, 4) is 0 Å². The predicted octanol–water partition coefficient (Wildman–Crippen LogP) is 1.22. The number of nitrogens with one attached hydrogen (secondary N) is 2. The quantitative estimate of drug-likeness (QED) is 0.565. The molecule has 4 N–H and O–H groups in total. The number of hydrogen-bond donors (Lipinski definition) is 3. The highest BCUT2D eigenvalue weighted by atomic mass is 35.5. The monoisotopic (exact) mass is 313 g/mol. The number of benzene rings is 1. The van der Waals surface area contributed by atoms with E-state index in [1.54, 1.807) is 0 Å². The number of H-pyrrole nitrogens is 1. The Kier molecular flexibility index (Phi) is 5.62. The van der Waals surface area contributed by atoms with E-state index < -0.39 is 4.92 Å². The molecule has 114 valence electrons. The number of nitrogens with zero attached hydrogens (tertiary/aromatic N) is 2. The fraction of sp³-hybridized carbons (Fsp3) is 0.333. The number of fused-ring (bicyclic) bond motifs is 1. The topological polar surface area (TPSA) is 127 Å². The van der Waals surface area contributed by atoms with Crippen LogP contribution in [0, 0.1) is 16.0 Å². The second-order valence-corrected chi connectivity index (χ2v) is 4.61. The van der Waals surface area contributed by atoms with E-state index in [0.29, 0.717) is 24.0 Å². The first-order chi connectivity index (χ1) is 9.52. The van der Waals surface area contributed by atoms with Crippen molar-refractivity contribution in [1.29, 1.82) is 0 Å². The zero-order chi connectivity index (χ0) is 14.7. The summed E-state index contributed by atoms with van der Waals surface area (Å²) in [4.78, 5) is 22.3. The molecule has 1 unspecified atom stereocenters. The number of carbonyl (C=O) groups is 1. The number of halogens is 1. The molecule has 1 atom stereocenters. The number of carbonyl (C=O) groups excluding carboxylic acids is 1. The molecule has 8 nitrogen and oxygen atoms in total. The van der Waals surface area contributed by atoms with Crippen LogP contribution >= 0.6 is 12.4 Å². The highest BCUT2D eigenvalue weighted by molar-refractivity contribution is 6.05. The molecule has 2 rings (SSSR count). The van der Waals surface area contributed by atoms with Crippen LogP contribution in [0.1, 0.15) is 17.4 Å². The number of hydrogen-bond acceptors (Lipinski definition) is 5. The van der Waals surface area contributed by atoms with Crippen molar-refractivity contribution in [2.75, 3.05) is 13.1 Å². The molecule has 0 aliphatic heterocycles. The molecule has 0 bridgehead atoms. The van der Waals surface area contributed by atoms with Gasteiger partial charge in [0.1, 0.15) is 0 Å². The van der Waals surface area contributed by atoms with Gasteiger partial charge < -0.3 is 11.1 Å². The summed E-state index contributed by atoms with van der Waals surface area (Å²) in [5.41, 5.74) is 6.12. The van der Waals surface area contributed by atoms with Crippen molar-refractivity contribution < 1.29 is 9.72 Å². The summed E-state index contributed by atoms with van der Waals surface area (Å²) in [5, 5.41) is 20.5. The molecule has 21 heavy (non-hydrogen) atoms. The van der Waals surface area contributed by atoms with E-state index in [-0.39, 0.29) is 35.6 Å². The van der Waals surface area contributed by atoms with Gasteiger partial charge in [-0.2, -0.15) is 5.10 Å². The Morgan fingerprint density at radius 2 is 2.29 bits per heavy atom. The lowest BCUT2D eigenvalue weighted by Crippen LogP contribution is -2.31. The van der Waals surface area contributed by atoms with Crippen LogP contribution in [0.4, 0.5) is 5.69 Å². The highest BCUT2D eigenvalue weighted by Crippen LogP contribution is 2.21. The van der Waals surface area contributed by atoms with Crippen molar-refractivity contribution in [3.05, 3.63) is 34.0 Å². The SMILES string of the molecule is CC(CN)CNC(=O)c1n[nH]c2ccc([N+](=O)[O-])cc12.Cl. The zero-order valence-electron chi connectivity index (χ0n) is 11.3. The summed E-state index contributed by atoms with van der Waals surface area (Å²) in [6.45, 7) is 2.81. The molecule has 2 aromatic rings. The van der Waals surface area contributed by atoms with Crippen LogP contribution < -0.4 is 11.1 Å². The normalized spacial score (nSPS) is 11.7. The molecule has 0 saturated carbocycles. The molecule has 0 aliphatic carbocycles. The van der Waals surface area contributed by atoms with Crippen LogP contribution in [0.25, 0.3) is 10.9 Å². The molecule has 1 aromatic carbocycles. The number of non-ortho nitro benzene ring substituents is 1. The van der Waals surface area contributed by atoms with Gasteiger partial charge in [0.2, 0.25) is 0 Å². The minimum atomic E-state index is -0.509. The van der Waals surface area contributed by atoms with Crippen molar-refractivity contribution in [3.63, 3.8) is 0 Å². The predicted molar refractivity (Wildman–Crippen MR) is 80.5 cm³/mol. The summed E-state index contributed by atoms with van der Waals surface area (Å²) in [6.07, 6.45) is 0. The third-order valence-electron chi connectivity index (χ3n) is 2.99. The van der Waals surface area contributed by atoms with Gasteiger partial charge in [-0.1, -0.05) is 6.92 Å². The lowest BCUT2D eigenvalue weighted by molar-refractivity contribution is -0.384. The second kappa shape index (κ2) is 7.00. The van der Waals surface area contributed by atoms with E-state index in [2.05, 4.69) is 15.5 Å². The molecule has 1 aromatic heterocycles.